The fraction of sp³-hybridized carbons (Fsp3) is 0.238. The molecule has 6 aromatic carbocycles. The third kappa shape index (κ3) is 5.58. The second kappa shape index (κ2) is 13.7. The Kier molecular flexibility index (Phi) is 11.1. The Morgan fingerprint density at radius 3 is 1.14 bits per heavy atom. The first-order chi connectivity index (χ1) is 19.6. The van der Waals surface area contributed by atoms with Gasteiger partial charge < -0.3 is 14.9 Å². The van der Waals surface area contributed by atoms with Crippen molar-refractivity contribution in [3.05, 3.63) is 134 Å². The van der Waals surface area contributed by atoms with Gasteiger partial charge in [-0.15, -0.1) is 68.3 Å². The van der Waals surface area contributed by atoms with Crippen LogP contribution in [0.5, 0.6) is 0 Å². The summed E-state index contributed by atoms with van der Waals surface area (Å²) in [4.78, 5) is 0. The molecule has 224 valence electrons. The molecule has 0 bridgehead atoms. The van der Waals surface area contributed by atoms with Crippen LogP contribution in [0.1, 0.15) is 49.9 Å². The predicted molar refractivity (Wildman–Crippen MR) is 197 cm³/mol. The van der Waals surface area contributed by atoms with Gasteiger partial charge in [-0.25, -0.2) is 0 Å². The van der Waals surface area contributed by atoms with Crippen molar-refractivity contribution >= 4 is 40.0 Å². The molecule has 0 aliphatic carbocycles. The molecule has 0 unspecified atom stereocenters. The third-order valence-corrected chi connectivity index (χ3v) is 15.9. The summed E-state index contributed by atoms with van der Waals surface area (Å²) in [6.45, 7) is 18.9. The summed E-state index contributed by atoms with van der Waals surface area (Å²) in [5.41, 5.74) is 12.0. The van der Waals surface area contributed by atoms with E-state index in [0.29, 0.717) is 11.1 Å². The number of hydrogen-bond donors (Lipinski definition) is 0. The van der Waals surface area contributed by atoms with Gasteiger partial charge in [0.1, 0.15) is 0 Å². The van der Waals surface area contributed by atoms with E-state index in [4.69, 9.17) is 0 Å². The number of hydrogen-bond acceptors (Lipinski definition) is 0. The molecule has 0 radical (unpaired) electrons. The standard InChI is InChI=1S/C40H42Si.2CH3.Hf/c1-25(2)41(26(3)4,33-21-31-17-11-19-35(37(31)23-33)39-27(5)13-9-14-28(39)6)34-22-32-18-12-20-36(38(32)24-34)40-29(7)15-10-16-30(40)8;;;/h9-26H,1-8H3;2*1H3;/q-2;2*-1;+4. The fourth-order valence-electron chi connectivity index (χ4n) is 8.03. The maximum atomic E-state index is 2.58. The summed E-state index contributed by atoms with van der Waals surface area (Å²) in [5, 5.41) is 8.66. The van der Waals surface area contributed by atoms with Crippen LogP contribution >= 0.6 is 0 Å². The predicted octanol–water partition coefficient (Wildman–Crippen LogP) is 11.3. The average molecular weight is 759 g/mol. The van der Waals surface area contributed by atoms with Gasteiger partial charge in [-0.3, -0.25) is 0 Å². The van der Waals surface area contributed by atoms with Crippen LogP contribution in [0.25, 0.3) is 43.8 Å². The second-order valence-electron chi connectivity index (χ2n) is 12.8. The molecule has 0 atom stereocenters. The molecule has 0 heterocycles. The Labute approximate surface area is 287 Å². The molecule has 6 rings (SSSR count). The molecule has 0 aliphatic heterocycles. The third-order valence-electron chi connectivity index (χ3n) is 9.78. The monoisotopic (exact) mass is 760 g/mol. The van der Waals surface area contributed by atoms with E-state index < -0.39 is 8.07 Å². The molecule has 6 aromatic rings. The first-order valence-electron chi connectivity index (χ1n) is 15.2. The second-order valence-corrected chi connectivity index (χ2v) is 18.0. The number of rotatable bonds is 6. The van der Waals surface area contributed by atoms with Gasteiger partial charge in [0.2, 0.25) is 0 Å². The summed E-state index contributed by atoms with van der Waals surface area (Å²) >= 11 is 0. The van der Waals surface area contributed by atoms with Crippen LogP contribution < -0.4 is 10.4 Å². The largest absolute Gasteiger partial charge is 4.00 e. The van der Waals surface area contributed by atoms with Crippen LogP contribution in [0.4, 0.5) is 0 Å². The number of fused-ring (bicyclic) bond motifs is 2. The molecule has 0 aliphatic rings. The normalized spacial score (nSPS) is 11.5. The van der Waals surface area contributed by atoms with Gasteiger partial charge in [-0.1, -0.05) is 87.4 Å². The Morgan fingerprint density at radius 2 is 0.818 bits per heavy atom. The Bertz CT molecular complexity index is 1710. The van der Waals surface area contributed by atoms with E-state index in [0.717, 1.165) is 0 Å². The van der Waals surface area contributed by atoms with Crippen molar-refractivity contribution in [3.63, 3.8) is 0 Å². The zero-order chi connectivity index (χ0) is 29.1. The molecule has 0 fully saturated rings. The zero-order valence-corrected chi connectivity index (χ0v) is 33.0. The summed E-state index contributed by atoms with van der Waals surface area (Å²) in [6, 6.07) is 37.3. The van der Waals surface area contributed by atoms with Crippen molar-refractivity contribution in [3.8, 4) is 22.3 Å². The Hall–Kier alpha value is -2.81. The minimum Gasteiger partial charge on any atom is -0.358 e. The molecule has 0 nitrogen and oxygen atoms in total. The van der Waals surface area contributed by atoms with Gasteiger partial charge in [-0.2, -0.15) is 12.1 Å². The smallest absolute Gasteiger partial charge is 0.358 e. The zero-order valence-electron chi connectivity index (χ0n) is 28.4. The minimum absolute atomic E-state index is 0. The minimum atomic E-state index is -2.17. The van der Waals surface area contributed by atoms with Crippen molar-refractivity contribution in [2.45, 2.75) is 66.5 Å². The van der Waals surface area contributed by atoms with Gasteiger partial charge in [-0.05, 0) is 72.2 Å². The molecule has 0 aromatic heterocycles. The van der Waals surface area contributed by atoms with Crippen LogP contribution in [0.2, 0.25) is 11.1 Å². The van der Waals surface area contributed by atoms with E-state index >= 15 is 0 Å². The van der Waals surface area contributed by atoms with Crippen molar-refractivity contribution in [2.75, 3.05) is 0 Å². The summed E-state index contributed by atoms with van der Waals surface area (Å²) in [5.74, 6) is 0. The van der Waals surface area contributed by atoms with E-state index in [1.54, 1.807) is 10.4 Å². The molecule has 0 amide bonds. The van der Waals surface area contributed by atoms with Crippen molar-refractivity contribution in [1.29, 1.82) is 0 Å². The average Bonchev–Trinajstić information content (AvgIpc) is 3.54. The molecule has 0 saturated carbocycles. The van der Waals surface area contributed by atoms with Crippen molar-refractivity contribution in [2.24, 2.45) is 0 Å². The first kappa shape index (κ1) is 35.7. The van der Waals surface area contributed by atoms with Gasteiger partial charge in [0.25, 0.3) is 0 Å². The van der Waals surface area contributed by atoms with Gasteiger partial charge in [0.15, 0.2) is 0 Å². The molecule has 0 N–H and O–H groups in total. The van der Waals surface area contributed by atoms with E-state index in [1.807, 2.05) is 0 Å². The fourth-order valence-corrected chi connectivity index (χ4v) is 13.9. The van der Waals surface area contributed by atoms with Crippen LogP contribution in [0, 0.1) is 42.5 Å². The van der Waals surface area contributed by atoms with E-state index in [9.17, 15) is 0 Å². The maximum Gasteiger partial charge on any atom is 4.00 e. The SMILES string of the molecule is Cc1cccc(C)c1-c1cccc2[cH-]c([Si](c3cc4c(-c5c(C)cccc5C)cccc4[cH-]3)(C(C)C)C(C)C)cc12.[CH3-].[CH3-].[Hf+4]. The molecular weight excluding hydrogens is 711 g/mol. The van der Waals surface area contributed by atoms with Crippen molar-refractivity contribution < 1.29 is 25.8 Å². The summed E-state index contributed by atoms with van der Waals surface area (Å²) < 4.78 is 0. The number of aryl methyl sites for hydroxylation is 4. The molecule has 0 saturated heterocycles. The van der Waals surface area contributed by atoms with E-state index in [2.05, 4.69) is 152 Å². The molecule has 2 heteroatoms. The van der Waals surface area contributed by atoms with Gasteiger partial charge in [0.05, 0.1) is 8.07 Å². The quantitative estimate of drug-likeness (QED) is 0.117. The number of benzene rings is 4. The van der Waals surface area contributed by atoms with Crippen LogP contribution in [0.3, 0.4) is 0 Å². The van der Waals surface area contributed by atoms with Crippen LogP contribution in [0.15, 0.2) is 97.1 Å². The van der Waals surface area contributed by atoms with Gasteiger partial charge >= 0.3 is 25.8 Å². The maximum absolute atomic E-state index is 2.58. The topological polar surface area (TPSA) is 0 Å². The Balaban J connectivity index is 0.00000176. The summed E-state index contributed by atoms with van der Waals surface area (Å²) in [6.07, 6.45) is 0. The van der Waals surface area contributed by atoms with Crippen molar-refractivity contribution in [1.82, 2.24) is 0 Å². The van der Waals surface area contributed by atoms with E-state index in [1.165, 1.54) is 66.1 Å². The van der Waals surface area contributed by atoms with E-state index in [-0.39, 0.29) is 40.7 Å². The van der Waals surface area contributed by atoms with Crippen LogP contribution in [-0.4, -0.2) is 8.07 Å². The Morgan fingerprint density at radius 1 is 0.500 bits per heavy atom. The molecule has 44 heavy (non-hydrogen) atoms. The van der Waals surface area contributed by atoms with Crippen LogP contribution in [-0.2, 0) is 25.8 Å². The van der Waals surface area contributed by atoms with Gasteiger partial charge in [0, 0.05) is 0 Å². The first-order valence-corrected chi connectivity index (χ1v) is 17.3. The molecule has 0 spiro atoms. The summed E-state index contributed by atoms with van der Waals surface area (Å²) in [7, 11) is -2.17. The molecular formula is C42H48HfSi.